The van der Waals surface area contributed by atoms with Gasteiger partial charge >= 0.3 is 16.9 Å². The highest BCUT2D eigenvalue weighted by atomic mass is 32.1. The number of β-amino-alcohol motifs (C(OH)–C–C–N with tert-alkyl or cyclic N) is 1. The first-order valence-electron chi connectivity index (χ1n) is 11.9. The van der Waals surface area contributed by atoms with Gasteiger partial charge in [0.05, 0.1) is 28.8 Å². The monoisotopic (exact) mass is 547 g/mol. The van der Waals surface area contributed by atoms with Crippen molar-refractivity contribution in [3.8, 4) is 11.4 Å². The highest BCUT2D eigenvalue weighted by molar-refractivity contribution is 7.16. The van der Waals surface area contributed by atoms with Crippen molar-refractivity contribution in [3.63, 3.8) is 0 Å². The summed E-state index contributed by atoms with van der Waals surface area (Å²) in [6.45, 7) is 1.53. The summed E-state index contributed by atoms with van der Waals surface area (Å²) in [5, 5.41) is 13.5. The number of thiazole rings is 1. The molecule has 13 heteroatoms. The molecule has 2 N–H and O–H groups in total. The van der Waals surface area contributed by atoms with Crippen molar-refractivity contribution in [1.29, 1.82) is 0 Å². The van der Waals surface area contributed by atoms with Gasteiger partial charge in [0.15, 0.2) is 0 Å². The third-order valence-electron chi connectivity index (χ3n) is 6.58. The maximum absolute atomic E-state index is 13.4. The molecule has 0 aliphatic carbocycles. The number of fused-ring (bicyclic) bond motifs is 1. The Morgan fingerprint density at radius 2 is 2.13 bits per heavy atom. The number of H-pyrrole nitrogens is 1. The first-order chi connectivity index (χ1) is 18.1. The van der Waals surface area contributed by atoms with Crippen LogP contribution in [0.3, 0.4) is 0 Å². The van der Waals surface area contributed by atoms with Gasteiger partial charge < -0.3 is 19.5 Å². The molecule has 0 unspecified atom stereocenters. The number of carbonyl (C=O) groups is 1. The van der Waals surface area contributed by atoms with E-state index in [1.165, 1.54) is 0 Å². The molecule has 2 aromatic carbocycles. The lowest BCUT2D eigenvalue weighted by Crippen LogP contribution is -2.39. The van der Waals surface area contributed by atoms with Crippen LogP contribution in [0.4, 0.5) is 13.2 Å². The average molecular weight is 548 g/mol. The van der Waals surface area contributed by atoms with Crippen LogP contribution < -0.4 is 4.87 Å². The van der Waals surface area contributed by atoms with E-state index in [9.17, 15) is 27.9 Å². The van der Waals surface area contributed by atoms with E-state index in [0.29, 0.717) is 42.7 Å². The molecule has 0 spiro atoms. The van der Waals surface area contributed by atoms with E-state index in [-0.39, 0.29) is 23.0 Å². The van der Waals surface area contributed by atoms with E-state index in [2.05, 4.69) is 19.6 Å². The Kier molecular flexibility index (Phi) is 7.07. The lowest BCUT2D eigenvalue weighted by molar-refractivity contribution is -0.159. The number of carbonyl (C=O) groups excluding carboxylic acids is 1. The molecule has 1 aliphatic heterocycles. The van der Waals surface area contributed by atoms with Crippen LogP contribution in [-0.2, 0) is 17.4 Å². The normalized spacial score (nSPS) is 17.2. The third kappa shape index (κ3) is 5.64. The molecular formula is C25H24F3N5O4S. The lowest BCUT2D eigenvalue weighted by Gasteiger charge is -2.32. The Balaban J connectivity index is 1.42. The van der Waals surface area contributed by atoms with Gasteiger partial charge in [-0.1, -0.05) is 40.8 Å². The number of hydrogen-bond acceptors (Lipinski definition) is 8. The van der Waals surface area contributed by atoms with Gasteiger partial charge in [0.1, 0.15) is 0 Å². The highest BCUT2D eigenvalue weighted by Crippen LogP contribution is 2.31. The first-order valence-corrected chi connectivity index (χ1v) is 12.7. The number of benzene rings is 2. The molecule has 5 rings (SSSR count). The molecule has 1 amide bonds. The second kappa shape index (κ2) is 10.3. The van der Waals surface area contributed by atoms with Crippen LogP contribution in [0.15, 0.2) is 51.8 Å². The number of rotatable bonds is 7. The zero-order chi connectivity index (χ0) is 27.0. The summed E-state index contributed by atoms with van der Waals surface area (Å²) in [6.07, 6.45) is -4.51. The van der Waals surface area contributed by atoms with E-state index in [0.717, 1.165) is 21.6 Å². The number of hydrogen-bond donors (Lipinski definition) is 2. The smallest absolute Gasteiger partial charge is 0.392 e. The number of alkyl halides is 3. The number of aliphatic hydroxyl groups is 1. The maximum atomic E-state index is 13.4. The fourth-order valence-electron chi connectivity index (χ4n) is 4.60. The predicted octanol–water partition coefficient (Wildman–Crippen LogP) is 3.47. The quantitative estimate of drug-likeness (QED) is 0.364. The van der Waals surface area contributed by atoms with Crippen molar-refractivity contribution >= 4 is 27.5 Å². The minimum Gasteiger partial charge on any atom is -0.392 e. The number of aliphatic hydroxyl groups excluding tert-OH is 1. The van der Waals surface area contributed by atoms with Crippen LogP contribution in [-0.4, -0.2) is 68.7 Å². The fraction of sp³-hybridized carbons (Fsp3) is 0.360. The minimum absolute atomic E-state index is 0.0862. The molecule has 1 fully saturated rings. The summed E-state index contributed by atoms with van der Waals surface area (Å²) in [4.78, 5) is 34.7. The minimum atomic E-state index is -4.76. The number of likely N-dealkylation sites (tertiary alicyclic amines) is 1. The fourth-order valence-corrected chi connectivity index (χ4v) is 5.31. The van der Waals surface area contributed by atoms with Gasteiger partial charge in [0, 0.05) is 32.2 Å². The van der Waals surface area contributed by atoms with Gasteiger partial charge in [-0.3, -0.25) is 14.5 Å². The lowest BCUT2D eigenvalue weighted by atomic mass is 10.0. The molecule has 1 saturated heterocycles. The zero-order valence-electron chi connectivity index (χ0n) is 20.2. The summed E-state index contributed by atoms with van der Waals surface area (Å²) in [6, 6.07) is 11.6. The van der Waals surface area contributed by atoms with Gasteiger partial charge in [0.25, 0.3) is 0 Å². The van der Waals surface area contributed by atoms with Gasteiger partial charge in [-0.15, -0.1) is 0 Å². The standard InChI is InChI=1S/C25H24F3N5O4S/c1-32(21(35)10-14-5-6-20-18(9-14)29-24(36)38-20)19(13-33-8-7-17(34)12-33)15-3-2-4-16(11-15)22-30-23(37-31-22)25(26,27)28/h2-6,9,11,17,19,34H,7-8,10,12-13H2,1H3,(H,29,36)/t17-,19+/m0/s1. The summed E-state index contributed by atoms with van der Waals surface area (Å²) in [5.41, 5.74) is 2.40. The highest BCUT2D eigenvalue weighted by Gasteiger charge is 2.38. The Morgan fingerprint density at radius 1 is 1.32 bits per heavy atom. The van der Waals surface area contributed by atoms with Crippen LogP contribution in [0.1, 0.15) is 29.5 Å². The second-order valence-electron chi connectivity index (χ2n) is 9.29. The maximum Gasteiger partial charge on any atom is 0.471 e. The largest absolute Gasteiger partial charge is 0.471 e. The number of aromatic nitrogens is 3. The molecule has 2 atom stereocenters. The van der Waals surface area contributed by atoms with Gasteiger partial charge in [-0.25, -0.2) is 0 Å². The molecule has 200 valence electrons. The van der Waals surface area contributed by atoms with Crippen LogP contribution in [0.5, 0.6) is 0 Å². The molecule has 38 heavy (non-hydrogen) atoms. The topological polar surface area (TPSA) is 116 Å². The van der Waals surface area contributed by atoms with Gasteiger partial charge in [-0.2, -0.15) is 18.2 Å². The predicted molar refractivity (Wildman–Crippen MR) is 133 cm³/mol. The van der Waals surface area contributed by atoms with Gasteiger partial charge in [0.2, 0.25) is 11.7 Å². The molecule has 9 nitrogen and oxygen atoms in total. The Morgan fingerprint density at radius 3 is 2.84 bits per heavy atom. The third-order valence-corrected chi connectivity index (χ3v) is 7.44. The van der Waals surface area contributed by atoms with Crippen molar-refractivity contribution in [2.24, 2.45) is 0 Å². The number of halogens is 3. The number of nitrogens with zero attached hydrogens (tertiary/aromatic N) is 4. The van der Waals surface area contributed by atoms with Gasteiger partial charge in [-0.05, 0) is 35.7 Å². The van der Waals surface area contributed by atoms with Crippen molar-refractivity contribution in [1.82, 2.24) is 24.9 Å². The number of aromatic amines is 1. The van der Waals surface area contributed by atoms with Crippen molar-refractivity contribution in [3.05, 3.63) is 69.1 Å². The Labute approximate surface area is 218 Å². The van der Waals surface area contributed by atoms with E-state index < -0.39 is 24.2 Å². The van der Waals surface area contributed by atoms with Crippen LogP contribution >= 0.6 is 11.3 Å². The molecule has 2 aromatic heterocycles. The Hall–Kier alpha value is -3.55. The van der Waals surface area contributed by atoms with E-state index in [1.807, 2.05) is 4.90 Å². The summed E-state index contributed by atoms with van der Waals surface area (Å²) in [7, 11) is 1.67. The zero-order valence-corrected chi connectivity index (χ0v) is 21.1. The van der Waals surface area contributed by atoms with Crippen LogP contribution in [0.25, 0.3) is 21.6 Å². The molecule has 0 radical (unpaired) electrons. The summed E-state index contributed by atoms with van der Waals surface area (Å²) in [5.74, 6) is -1.82. The number of nitrogens with one attached hydrogen (secondary N) is 1. The molecule has 1 aliphatic rings. The molecule has 0 bridgehead atoms. The SMILES string of the molecule is CN(C(=O)Cc1ccc2sc(=O)[nH]c2c1)[C@H](CN1CC[C@H](O)C1)c1cccc(-c2noc(C(F)(F)F)n2)c1. The second-order valence-corrected chi connectivity index (χ2v) is 10.3. The summed E-state index contributed by atoms with van der Waals surface area (Å²) >= 11 is 1.10. The van der Waals surface area contributed by atoms with Crippen LogP contribution in [0.2, 0.25) is 0 Å². The molecule has 0 saturated carbocycles. The average Bonchev–Trinajstić information content (AvgIpc) is 3.61. The molecule has 4 aromatic rings. The molecule has 3 heterocycles. The van der Waals surface area contributed by atoms with Crippen molar-refractivity contribution in [2.45, 2.75) is 31.2 Å². The van der Waals surface area contributed by atoms with E-state index in [4.69, 9.17) is 0 Å². The van der Waals surface area contributed by atoms with Crippen molar-refractivity contribution < 1.29 is 27.6 Å². The Bertz CT molecular complexity index is 1510. The summed E-state index contributed by atoms with van der Waals surface area (Å²) < 4.78 is 44.1. The van der Waals surface area contributed by atoms with Crippen LogP contribution in [0, 0.1) is 0 Å². The first kappa shape index (κ1) is 26.1. The van der Waals surface area contributed by atoms with E-state index in [1.54, 1.807) is 54.4 Å². The number of likely N-dealkylation sites (N-methyl/N-ethyl adjacent to an activating group) is 1. The van der Waals surface area contributed by atoms with E-state index >= 15 is 0 Å². The number of amides is 1. The van der Waals surface area contributed by atoms with Crippen molar-refractivity contribution in [2.75, 3.05) is 26.7 Å². The molecular weight excluding hydrogens is 523 g/mol.